The van der Waals surface area contributed by atoms with Gasteiger partial charge in [0.05, 0.1) is 6.54 Å². The minimum atomic E-state index is 0. The number of hydrogen-bond acceptors (Lipinski definition) is 5. The van der Waals surface area contributed by atoms with Crippen molar-refractivity contribution in [1.82, 2.24) is 19.8 Å². The van der Waals surface area contributed by atoms with Gasteiger partial charge in [0.2, 0.25) is 5.95 Å². The summed E-state index contributed by atoms with van der Waals surface area (Å²) in [6.07, 6.45) is 7.52. The Morgan fingerprint density at radius 3 is 2.54 bits per heavy atom. The van der Waals surface area contributed by atoms with Gasteiger partial charge in [-0.3, -0.25) is 9.89 Å². The Morgan fingerprint density at radius 1 is 1.19 bits per heavy atom. The number of aliphatic imine (C=N–C) groups is 1. The van der Waals surface area contributed by atoms with Crippen LogP contribution in [0.25, 0.3) is 0 Å². The van der Waals surface area contributed by atoms with E-state index in [1.54, 1.807) is 12.4 Å². The number of aromatic nitrogens is 2. The molecule has 0 spiro atoms. The third-order valence-corrected chi connectivity index (χ3v) is 5.38. The highest BCUT2D eigenvalue weighted by Crippen LogP contribution is 2.19. The lowest BCUT2D eigenvalue weighted by Crippen LogP contribution is -2.52. The largest absolute Gasteiger partial charge is 0.370 e. The fourth-order valence-electron chi connectivity index (χ4n) is 3.80. The molecular weight excluding hydrogens is 441 g/mol. The average Bonchev–Trinajstić information content (AvgIpc) is 2.67. The number of anilines is 1. The molecule has 1 aromatic heterocycles. The number of piperazine rings is 1. The van der Waals surface area contributed by atoms with Crippen molar-refractivity contribution in [2.45, 2.75) is 45.2 Å². The summed E-state index contributed by atoms with van der Waals surface area (Å²) in [5.41, 5.74) is 6.25. The maximum absolute atomic E-state index is 6.25. The monoisotopic (exact) mass is 473 g/mol. The van der Waals surface area contributed by atoms with Gasteiger partial charge in [0.1, 0.15) is 0 Å². The standard InChI is InChI=1S/C18H31N7.HI/c1-15-6-3-4-9-25(15)16(2)14-22-17(19)23-10-12-24(13-11-23)18-20-7-5-8-21-18;/h5,7-8,15-16H,3-4,6,9-14H2,1-2H3,(H2,19,22);1H. The van der Waals surface area contributed by atoms with Crippen LogP contribution in [-0.4, -0.2) is 77.1 Å². The molecule has 2 fully saturated rings. The second-order valence-corrected chi connectivity index (χ2v) is 7.15. The summed E-state index contributed by atoms with van der Waals surface area (Å²) in [4.78, 5) is 20.3. The van der Waals surface area contributed by atoms with Crippen LogP contribution in [0.15, 0.2) is 23.5 Å². The zero-order valence-electron chi connectivity index (χ0n) is 15.9. The first-order chi connectivity index (χ1) is 12.1. The van der Waals surface area contributed by atoms with Crippen LogP contribution in [0.4, 0.5) is 5.95 Å². The van der Waals surface area contributed by atoms with E-state index in [1.807, 2.05) is 6.07 Å². The van der Waals surface area contributed by atoms with Gasteiger partial charge < -0.3 is 15.5 Å². The predicted molar refractivity (Wildman–Crippen MR) is 117 cm³/mol. The highest BCUT2D eigenvalue weighted by atomic mass is 127. The SMILES string of the molecule is CC1CCCCN1C(C)CN=C(N)N1CCN(c2ncccn2)CC1.I. The van der Waals surface area contributed by atoms with Gasteiger partial charge in [0.15, 0.2) is 5.96 Å². The second kappa shape index (κ2) is 10.2. The van der Waals surface area contributed by atoms with E-state index in [0.29, 0.717) is 18.0 Å². The van der Waals surface area contributed by atoms with Crippen molar-refractivity contribution in [1.29, 1.82) is 0 Å². The molecule has 0 saturated carbocycles. The molecule has 1 aromatic rings. The zero-order chi connectivity index (χ0) is 17.6. The van der Waals surface area contributed by atoms with Crippen molar-refractivity contribution in [2.75, 3.05) is 44.2 Å². The van der Waals surface area contributed by atoms with Crippen LogP contribution >= 0.6 is 24.0 Å². The lowest BCUT2D eigenvalue weighted by Gasteiger charge is -2.38. The third kappa shape index (κ3) is 5.42. The van der Waals surface area contributed by atoms with Crippen LogP contribution < -0.4 is 10.6 Å². The van der Waals surface area contributed by atoms with Gasteiger partial charge >= 0.3 is 0 Å². The summed E-state index contributed by atoms with van der Waals surface area (Å²) in [6.45, 7) is 10.0. The first kappa shape index (κ1) is 21.1. The van der Waals surface area contributed by atoms with E-state index in [4.69, 9.17) is 5.73 Å². The highest BCUT2D eigenvalue weighted by Gasteiger charge is 2.24. The molecule has 2 N–H and O–H groups in total. The molecule has 26 heavy (non-hydrogen) atoms. The minimum Gasteiger partial charge on any atom is -0.370 e. The number of nitrogens with zero attached hydrogens (tertiary/aromatic N) is 6. The summed E-state index contributed by atoms with van der Waals surface area (Å²) in [7, 11) is 0. The quantitative estimate of drug-likeness (QED) is 0.409. The molecule has 146 valence electrons. The Bertz CT molecular complexity index is 560. The van der Waals surface area contributed by atoms with Gasteiger partial charge in [0.25, 0.3) is 0 Å². The smallest absolute Gasteiger partial charge is 0.225 e. The number of rotatable bonds is 4. The lowest BCUT2D eigenvalue weighted by molar-refractivity contribution is 0.118. The molecule has 2 unspecified atom stereocenters. The fourth-order valence-corrected chi connectivity index (χ4v) is 3.80. The molecule has 7 nitrogen and oxygen atoms in total. The molecule has 0 aliphatic carbocycles. The third-order valence-electron chi connectivity index (χ3n) is 5.38. The molecule has 0 radical (unpaired) electrons. The van der Waals surface area contributed by atoms with Crippen molar-refractivity contribution in [2.24, 2.45) is 10.7 Å². The van der Waals surface area contributed by atoms with Crippen LogP contribution in [0.5, 0.6) is 0 Å². The van der Waals surface area contributed by atoms with Gasteiger partial charge in [-0.05, 0) is 39.3 Å². The molecule has 0 bridgehead atoms. The van der Waals surface area contributed by atoms with E-state index >= 15 is 0 Å². The van der Waals surface area contributed by atoms with Crippen LogP contribution in [0.3, 0.4) is 0 Å². The Balaban J connectivity index is 0.00000243. The van der Waals surface area contributed by atoms with Crippen molar-refractivity contribution in [3.63, 3.8) is 0 Å². The molecule has 2 saturated heterocycles. The first-order valence-electron chi connectivity index (χ1n) is 9.47. The number of likely N-dealkylation sites (tertiary alicyclic amines) is 1. The van der Waals surface area contributed by atoms with E-state index in [9.17, 15) is 0 Å². The molecule has 2 aliphatic heterocycles. The van der Waals surface area contributed by atoms with Crippen LogP contribution in [0.1, 0.15) is 33.1 Å². The Hall–Kier alpha value is -1.16. The fraction of sp³-hybridized carbons (Fsp3) is 0.722. The molecule has 2 aliphatic rings. The Morgan fingerprint density at radius 2 is 1.88 bits per heavy atom. The number of piperidine rings is 1. The van der Waals surface area contributed by atoms with Gasteiger partial charge in [0, 0.05) is 50.7 Å². The van der Waals surface area contributed by atoms with Crippen LogP contribution in [0, 0.1) is 0 Å². The summed E-state index contributed by atoms with van der Waals surface area (Å²) in [6, 6.07) is 2.96. The van der Waals surface area contributed by atoms with Crippen LogP contribution in [0.2, 0.25) is 0 Å². The second-order valence-electron chi connectivity index (χ2n) is 7.15. The van der Waals surface area contributed by atoms with Crippen LogP contribution in [-0.2, 0) is 0 Å². The van der Waals surface area contributed by atoms with E-state index in [1.165, 1.54) is 25.8 Å². The molecule has 2 atom stereocenters. The van der Waals surface area contributed by atoms with Gasteiger partial charge in [-0.1, -0.05) is 6.42 Å². The van der Waals surface area contributed by atoms with E-state index in [0.717, 1.165) is 38.7 Å². The summed E-state index contributed by atoms with van der Waals surface area (Å²) in [5.74, 6) is 1.47. The van der Waals surface area contributed by atoms with E-state index in [2.05, 4.69) is 43.5 Å². The number of nitrogens with two attached hydrogens (primary N) is 1. The summed E-state index contributed by atoms with van der Waals surface area (Å²) >= 11 is 0. The molecule has 3 heterocycles. The molecular formula is C18H32IN7. The molecule has 0 aromatic carbocycles. The van der Waals surface area contributed by atoms with Crippen molar-refractivity contribution in [3.8, 4) is 0 Å². The minimum absolute atomic E-state index is 0. The highest BCUT2D eigenvalue weighted by molar-refractivity contribution is 14.0. The number of hydrogen-bond donors (Lipinski definition) is 1. The Labute approximate surface area is 174 Å². The first-order valence-corrected chi connectivity index (χ1v) is 9.47. The van der Waals surface area contributed by atoms with Crippen molar-refractivity contribution < 1.29 is 0 Å². The molecule has 3 rings (SSSR count). The maximum Gasteiger partial charge on any atom is 0.225 e. The molecule has 0 amide bonds. The lowest BCUT2D eigenvalue weighted by atomic mass is 10.0. The van der Waals surface area contributed by atoms with Crippen molar-refractivity contribution >= 4 is 35.9 Å². The molecule has 8 heteroatoms. The number of halogens is 1. The Kier molecular flexibility index (Phi) is 8.33. The summed E-state index contributed by atoms with van der Waals surface area (Å²) in [5, 5.41) is 0. The number of guanidine groups is 1. The van der Waals surface area contributed by atoms with Crippen molar-refractivity contribution in [3.05, 3.63) is 18.5 Å². The predicted octanol–water partition coefficient (Wildman–Crippen LogP) is 1.79. The zero-order valence-corrected chi connectivity index (χ0v) is 18.2. The average molecular weight is 473 g/mol. The van der Waals surface area contributed by atoms with E-state index < -0.39 is 0 Å². The maximum atomic E-state index is 6.25. The topological polar surface area (TPSA) is 73.9 Å². The van der Waals surface area contributed by atoms with Gasteiger partial charge in [-0.25, -0.2) is 9.97 Å². The van der Waals surface area contributed by atoms with Gasteiger partial charge in [-0.15, -0.1) is 24.0 Å². The normalized spacial score (nSPS) is 23.5. The van der Waals surface area contributed by atoms with Gasteiger partial charge in [-0.2, -0.15) is 0 Å². The summed E-state index contributed by atoms with van der Waals surface area (Å²) < 4.78 is 0. The van der Waals surface area contributed by atoms with E-state index in [-0.39, 0.29) is 24.0 Å².